The molecule has 7 heteroatoms. The first kappa shape index (κ1) is 17.8. The summed E-state index contributed by atoms with van der Waals surface area (Å²) in [7, 11) is -1.49. The van der Waals surface area contributed by atoms with Gasteiger partial charge in [0.1, 0.15) is 21.4 Å². The van der Waals surface area contributed by atoms with Crippen molar-refractivity contribution >= 4 is 15.6 Å². The van der Waals surface area contributed by atoms with E-state index in [0.29, 0.717) is 12.1 Å². The summed E-state index contributed by atoms with van der Waals surface area (Å²) < 4.78 is 52.8. The lowest BCUT2D eigenvalue weighted by Crippen LogP contribution is -2.19. The quantitative estimate of drug-likeness (QED) is 0.614. The van der Waals surface area contributed by atoms with Gasteiger partial charge in [-0.3, -0.25) is 4.79 Å². The minimum atomic E-state index is -4.54. The van der Waals surface area contributed by atoms with Crippen LogP contribution in [0, 0.1) is 11.6 Å². The second-order valence-electron chi connectivity index (χ2n) is 5.23. The Balaban J connectivity index is 2.64. The van der Waals surface area contributed by atoms with Crippen LogP contribution >= 0.6 is 0 Å². The lowest BCUT2D eigenvalue weighted by atomic mass is 10.1. The molecule has 0 spiro atoms. The third kappa shape index (κ3) is 3.68. The van der Waals surface area contributed by atoms with E-state index < -0.39 is 37.1 Å². The van der Waals surface area contributed by atoms with Crippen molar-refractivity contribution in [2.24, 2.45) is 0 Å². The first-order valence-corrected chi connectivity index (χ1v) is 8.40. The fraction of sp³-hybridized carbons (Fsp3) is 0.118. The second kappa shape index (κ2) is 6.92. The standard InChI is InChI=1S/C17H15F2NO3S/c1-20(2)11-16(17(21)12-6-4-3-5-7-12)24(22,23)15-10-13(18)8-9-14(15)19/h3-11H,1-2H3/b16-11-. The molecule has 126 valence electrons. The van der Waals surface area contributed by atoms with Gasteiger partial charge in [-0.05, 0) is 18.2 Å². The Labute approximate surface area is 139 Å². The summed E-state index contributed by atoms with van der Waals surface area (Å²) in [5.74, 6) is -2.83. The van der Waals surface area contributed by atoms with Gasteiger partial charge in [-0.2, -0.15) is 0 Å². The summed E-state index contributed by atoms with van der Waals surface area (Å²) >= 11 is 0. The van der Waals surface area contributed by atoms with Gasteiger partial charge in [-0.1, -0.05) is 30.3 Å². The van der Waals surface area contributed by atoms with Crippen LogP contribution in [-0.4, -0.2) is 33.2 Å². The molecular weight excluding hydrogens is 336 g/mol. The molecule has 0 saturated carbocycles. The van der Waals surface area contributed by atoms with Crippen LogP contribution < -0.4 is 0 Å². The molecule has 0 radical (unpaired) electrons. The summed E-state index contributed by atoms with van der Waals surface area (Å²) in [5.41, 5.74) is 0.131. The van der Waals surface area contributed by atoms with Crippen molar-refractivity contribution in [2.75, 3.05) is 14.1 Å². The molecule has 2 rings (SSSR count). The Morgan fingerprint density at radius 2 is 1.67 bits per heavy atom. The smallest absolute Gasteiger partial charge is 0.214 e. The van der Waals surface area contributed by atoms with Gasteiger partial charge in [-0.25, -0.2) is 17.2 Å². The third-order valence-electron chi connectivity index (χ3n) is 3.11. The van der Waals surface area contributed by atoms with E-state index in [-0.39, 0.29) is 5.56 Å². The van der Waals surface area contributed by atoms with Crippen LogP contribution in [0.25, 0.3) is 0 Å². The van der Waals surface area contributed by atoms with E-state index in [1.165, 1.54) is 31.1 Å². The molecule has 0 aliphatic rings. The van der Waals surface area contributed by atoms with E-state index in [1.807, 2.05) is 0 Å². The molecule has 0 N–H and O–H groups in total. The van der Waals surface area contributed by atoms with Gasteiger partial charge in [0, 0.05) is 25.9 Å². The summed E-state index contributed by atoms with van der Waals surface area (Å²) in [6, 6.07) is 9.81. The zero-order chi connectivity index (χ0) is 17.9. The van der Waals surface area contributed by atoms with E-state index in [1.54, 1.807) is 18.2 Å². The van der Waals surface area contributed by atoms with Crippen LogP contribution in [0.1, 0.15) is 10.4 Å². The first-order chi connectivity index (χ1) is 11.2. The monoisotopic (exact) mass is 351 g/mol. The minimum absolute atomic E-state index is 0.131. The highest BCUT2D eigenvalue weighted by Crippen LogP contribution is 2.26. The average Bonchev–Trinajstić information content (AvgIpc) is 2.54. The van der Waals surface area contributed by atoms with Gasteiger partial charge in [0.15, 0.2) is 0 Å². The number of rotatable bonds is 5. The van der Waals surface area contributed by atoms with Crippen molar-refractivity contribution in [1.82, 2.24) is 4.90 Å². The van der Waals surface area contributed by atoms with Gasteiger partial charge in [0.2, 0.25) is 15.6 Å². The molecule has 0 bridgehead atoms. The molecule has 0 saturated heterocycles. The van der Waals surface area contributed by atoms with Gasteiger partial charge in [-0.15, -0.1) is 0 Å². The Kier molecular flexibility index (Phi) is 5.14. The first-order valence-electron chi connectivity index (χ1n) is 6.91. The molecule has 0 amide bonds. The number of carbonyl (C=O) groups is 1. The molecule has 2 aromatic carbocycles. The van der Waals surface area contributed by atoms with Crippen molar-refractivity contribution in [3.05, 3.63) is 76.8 Å². The number of hydrogen-bond acceptors (Lipinski definition) is 4. The van der Waals surface area contributed by atoms with Gasteiger partial charge < -0.3 is 4.90 Å². The summed E-state index contributed by atoms with van der Waals surface area (Å²) in [4.78, 5) is 12.4. The van der Waals surface area contributed by atoms with E-state index in [4.69, 9.17) is 0 Å². The molecule has 0 aliphatic carbocycles. The van der Waals surface area contributed by atoms with Gasteiger partial charge in [0.05, 0.1) is 0 Å². The number of carbonyl (C=O) groups excluding carboxylic acids is 1. The van der Waals surface area contributed by atoms with Crippen LogP contribution in [0.4, 0.5) is 8.78 Å². The Hall–Kier alpha value is -2.54. The Morgan fingerprint density at radius 3 is 2.25 bits per heavy atom. The summed E-state index contributed by atoms with van der Waals surface area (Å²) in [6.45, 7) is 0. The van der Waals surface area contributed by atoms with Gasteiger partial charge in [0.25, 0.3) is 0 Å². The van der Waals surface area contributed by atoms with Crippen LogP contribution in [0.5, 0.6) is 0 Å². The molecule has 0 fully saturated rings. The van der Waals surface area contributed by atoms with Crippen molar-refractivity contribution in [3.63, 3.8) is 0 Å². The van der Waals surface area contributed by atoms with Crippen LogP contribution in [-0.2, 0) is 9.84 Å². The van der Waals surface area contributed by atoms with E-state index in [2.05, 4.69) is 0 Å². The molecule has 0 heterocycles. The fourth-order valence-corrected chi connectivity index (χ4v) is 3.56. The highest BCUT2D eigenvalue weighted by molar-refractivity contribution is 7.96. The third-order valence-corrected chi connectivity index (χ3v) is 4.87. The molecule has 24 heavy (non-hydrogen) atoms. The van der Waals surface area contributed by atoms with Crippen LogP contribution in [0.2, 0.25) is 0 Å². The minimum Gasteiger partial charge on any atom is -0.382 e. The number of allylic oxidation sites excluding steroid dienone is 1. The predicted octanol–water partition coefficient (Wildman–Crippen LogP) is 3.02. The Bertz CT molecular complexity index is 891. The van der Waals surface area contributed by atoms with Crippen molar-refractivity contribution in [3.8, 4) is 0 Å². The highest BCUT2D eigenvalue weighted by Gasteiger charge is 2.31. The van der Waals surface area contributed by atoms with Crippen LogP contribution in [0.3, 0.4) is 0 Å². The average molecular weight is 351 g/mol. The largest absolute Gasteiger partial charge is 0.382 e. The number of benzene rings is 2. The van der Waals surface area contributed by atoms with Crippen LogP contribution in [0.15, 0.2) is 64.5 Å². The van der Waals surface area contributed by atoms with Gasteiger partial charge >= 0.3 is 0 Å². The topological polar surface area (TPSA) is 54.5 Å². The summed E-state index contributed by atoms with van der Waals surface area (Å²) in [5, 5.41) is 0. The normalized spacial score (nSPS) is 12.1. The zero-order valence-corrected chi connectivity index (χ0v) is 13.8. The maximum absolute atomic E-state index is 13.9. The number of sulfone groups is 1. The summed E-state index contributed by atoms with van der Waals surface area (Å²) in [6.07, 6.45) is 1.08. The van der Waals surface area contributed by atoms with E-state index in [9.17, 15) is 22.0 Å². The number of ketones is 1. The highest BCUT2D eigenvalue weighted by atomic mass is 32.2. The predicted molar refractivity (Wildman–Crippen MR) is 86.1 cm³/mol. The molecule has 2 aromatic rings. The molecule has 4 nitrogen and oxygen atoms in total. The second-order valence-corrected chi connectivity index (χ2v) is 7.12. The maximum Gasteiger partial charge on any atom is 0.214 e. The zero-order valence-electron chi connectivity index (χ0n) is 13.0. The number of hydrogen-bond donors (Lipinski definition) is 0. The fourth-order valence-electron chi connectivity index (χ4n) is 2.02. The lowest BCUT2D eigenvalue weighted by Gasteiger charge is -2.13. The van der Waals surface area contributed by atoms with Crippen molar-refractivity contribution < 1.29 is 22.0 Å². The lowest BCUT2D eigenvalue weighted by molar-refractivity contribution is 0.104. The van der Waals surface area contributed by atoms with E-state index >= 15 is 0 Å². The van der Waals surface area contributed by atoms with E-state index in [0.717, 1.165) is 12.3 Å². The maximum atomic E-state index is 13.9. The number of halogens is 2. The van der Waals surface area contributed by atoms with Crippen molar-refractivity contribution in [1.29, 1.82) is 0 Å². The molecule has 0 aliphatic heterocycles. The number of Topliss-reactive ketones (excluding diaryl/α,β-unsaturated/α-hetero) is 1. The number of nitrogens with zero attached hydrogens (tertiary/aromatic N) is 1. The molecular formula is C17H15F2NO3S. The SMILES string of the molecule is CN(C)/C=C(/C(=O)c1ccccc1)S(=O)(=O)c1cc(F)ccc1F. The molecule has 0 atom stereocenters. The Morgan fingerprint density at radius 1 is 1.04 bits per heavy atom. The molecule has 0 aromatic heterocycles. The molecule has 0 unspecified atom stereocenters. The van der Waals surface area contributed by atoms with Crippen molar-refractivity contribution in [2.45, 2.75) is 4.90 Å².